The summed E-state index contributed by atoms with van der Waals surface area (Å²) >= 11 is 5.92. The maximum atomic E-state index is 12.5. The van der Waals surface area contributed by atoms with E-state index >= 15 is 0 Å². The average Bonchev–Trinajstić information content (AvgIpc) is 3.18. The SMILES string of the molecule is O=C(O)c1ccc(NC(=O)c2ccnn2C2CCCC2)cc1Cl. The molecule has 0 radical (unpaired) electrons. The van der Waals surface area contributed by atoms with Crippen LogP contribution < -0.4 is 5.32 Å². The summed E-state index contributed by atoms with van der Waals surface area (Å²) in [4.78, 5) is 23.4. The topological polar surface area (TPSA) is 84.2 Å². The first kappa shape index (κ1) is 15.6. The van der Waals surface area contributed by atoms with Gasteiger partial charge in [-0.1, -0.05) is 24.4 Å². The summed E-state index contributed by atoms with van der Waals surface area (Å²) in [6.45, 7) is 0. The third-order valence-corrected chi connectivity index (χ3v) is 4.34. The third-order valence-electron chi connectivity index (χ3n) is 4.03. The van der Waals surface area contributed by atoms with E-state index in [9.17, 15) is 9.59 Å². The number of rotatable bonds is 4. The van der Waals surface area contributed by atoms with Gasteiger partial charge in [0, 0.05) is 11.9 Å². The molecule has 7 heteroatoms. The molecule has 6 nitrogen and oxygen atoms in total. The van der Waals surface area contributed by atoms with Gasteiger partial charge < -0.3 is 10.4 Å². The first-order valence-corrected chi connectivity index (χ1v) is 7.82. The molecule has 23 heavy (non-hydrogen) atoms. The summed E-state index contributed by atoms with van der Waals surface area (Å²) in [5, 5.41) is 16.1. The van der Waals surface area contributed by atoms with Gasteiger partial charge in [-0.3, -0.25) is 9.48 Å². The van der Waals surface area contributed by atoms with Crippen LogP contribution in [0.15, 0.2) is 30.5 Å². The zero-order valence-corrected chi connectivity index (χ0v) is 13.1. The molecule has 1 aromatic heterocycles. The summed E-state index contributed by atoms with van der Waals surface area (Å²) in [6, 6.07) is 6.27. The van der Waals surface area contributed by atoms with Gasteiger partial charge in [0.2, 0.25) is 0 Å². The fourth-order valence-electron chi connectivity index (χ4n) is 2.90. The highest BCUT2D eigenvalue weighted by atomic mass is 35.5. The smallest absolute Gasteiger partial charge is 0.337 e. The van der Waals surface area contributed by atoms with E-state index in [4.69, 9.17) is 16.7 Å². The Morgan fingerprint density at radius 3 is 2.65 bits per heavy atom. The Morgan fingerprint density at radius 2 is 2.00 bits per heavy atom. The van der Waals surface area contributed by atoms with Crippen molar-refractivity contribution in [2.24, 2.45) is 0 Å². The van der Waals surface area contributed by atoms with Crippen LogP contribution in [-0.4, -0.2) is 26.8 Å². The quantitative estimate of drug-likeness (QED) is 0.895. The predicted molar refractivity (Wildman–Crippen MR) is 86.1 cm³/mol. The van der Waals surface area contributed by atoms with Crippen LogP contribution in [0.25, 0.3) is 0 Å². The van der Waals surface area contributed by atoms with Gasteiger partial charge in [-0.15, -0.1) is 0 Å². The summed E-state index contributed by atoms with van der Waals surface area (Å²) in [6.07, 6.45) is 5.98. The fourth-order valence-corrected chi connectivity index (χ4v) is 3.16. The first-order chi connectivity index (χ1) is 11.1. The van der Waals surface area contributed by atoms with Crippen LogP contribution >= 0.6 is 11.6 Å². The van der Waals surface area contributed by atoms with E-state index < -0.39 is 5.97 Å². The fraction of sp³-hybridized carbons (Fsp3) is 0.312. The Labute approximate surface area is 138 Å². The molecule has 0 unspecified atom stereocenters. The summed E-state index contributed by atoms with van der Waals surface area (Å²) < 4.78 is 1.77. The monoisotopic (exact) mass is 333 g/mol. The van der Waals surface area contributed by atoms with Gasteiger partial charge in [0.1, 0.15) is 5.69 Å². The van der Waals surface area contributed by atoms with Crippen molar-refractivity contribution in [2.45, 2.75) is 31.7 Å². The molecule has 0 spiro atoms. The number of nitrogens with one attached hydrogen (secondary N) is 1. The number of carbonyl (C=O) groups excluding carboxylic acids is 1. The van der Waals surface area contributed by atoms with E-state index in [1.54, 1.807) is 16.9 Å². The number of carbonyl (C=O) groups is 2. The summed E-state index contributed by atoms with van der Waals surface area (Å²) in [7, 11) is 0. The van der Waals surface area contributed by atoms with Gasteiger partial charge in [-0.25, -0.2) is 4.79 Å². The lowest BCUT2D eigenvalue weighted by molar-refractivity contribution is 0.0697. The molecular weight excluding hydrogens is 318 g/mol. The second-order valence-corrected chi connectivity index (χ2v) is 5.96. The van der Waals surface area contributed by atoms with Gasteiger partial charge in [0.15, 0.2) is 0 Å². The number of benzene rings is 1. The molecule has 1 amide bonds. The maximum absolute atomic E-state index is 12.5. The van der Waals surface area contributed by atoms with Crippen molar-refractivity contribution in [3.8, 4) is 0 Å². The van der Waals surface area contributed by atoms with E-state index in [0.29, 0.717) is 11.4 Å². The minimum absolute atomic E-state index is 0.000614. The molecule has 120 valence electrons. The van der Waals surface area contributed by atoms with Crippen LogP contribution in [0, 0.1) is 0 Å². The normalized spacial score (nSPS) is 14.8. The first-order valence-electron chi connectivity index (χ1n) is 7.44. The molecule has 2 N–H and O–H groups in total. The lowest BCUT2D eigenvalue weighted by atomic mass is 10.2. The van der Waals surface area contributed by atoms with Crippen molar-refractivity contribution < 1.29 is 14.7 Å². The van der Waals surface area contributed by atoms with Crippen LogP contribution in [0.5, 0.6) is 0 Å². The second-order valence-electron chi connectivity index (χ2n) is 5.55. The number of carboxylic acid groups (broad SMARTS) is 1. The largest absolute Gasteiger partial charge is 0.478 e. The highest BCUT2D eigenvalue weighted by molar-refractivity contribution is 6.33. The number of halogens is 1. The molecule has 0 saturated heterocycles. The molecule has 1 aromatic carbocycles. The van der Waals surface area contributed by atoms with E-state index in [0.717, 1.165) is 25.7 Å². The van der Waals surface area contributed by atoms with Crippen LogP contribution in [0.2, 0.25) is 5.02 Å². The molecule has 1 aliphatic carbocycles. The molecule has 3 rings (SSSR count). The van der Waals surface area contributed by atoms with Crippen LogP contribution in [0.4, 0.5) is 5.69 Å². The lowest BCUT2D eigenvalue weighted by Crippen LogP contribution is -2.20. The second kappa shape index (κ2) is 6.42. The molecule has 0 bridgehead atoms. The average molecular weight is 334 g/mol. The number of nitrogens with zero attached hydrogens (tertiary/aromatic N) is 2. The number of amides is 1. The predicted octanol–water partition coefficient (Wildman–Crippen LogP) is 3.60. The van der Waals surface area contributed by atoms with Crippen molar-refractivity contribution in [3.63, 3.8) is 0 Å². The molecule has 1 heterocycles. The van der Waals surface area contributed by atoms with Crippen molar-refractivity contribution in [1.29, 1.82) is 0 Å². The minimum atomic E-state index is -1.10. The minimum Gasteiger partial charge on any atom is -0.478 e. The molecular formula is C16H16ClN3O3. The van der Waals surface area contributed by atoms with Crippen molar-refractivity contribution in [2.75, 3.05) is 5.32 Å². The molecule has 0 aliphatic heterocycles. The van der Waals surface area contributed by atoms with Gasteiger partial charge in [0.05, 0.1) is 16.6 Å². The Bertz CT molecular complexity index is 751. The number of anilines is 1. The van der Waals surface area contributed by atoms with Gasteiger partial charge in [-0.05, 0) is 37.1 Å². The summed E-state index contributed by atoms with van der Waals surface area (Å²) in [5.41, 5.74) is 0.945. The Kier molecular flexibility index (Phi) is 4.34. The van der Waals surface area contributed by atoms with Crippen molar-refractivity contribution in [3.05, 3.63) is 46.7 Å². The number of hydrogen-bond donors (Lipinski definition) is 2. The maximum Gasteiger partial charge on any atom is 0.337 e. The Hall–Kier alpha value is -2.34. The van der Waals surface area contributed by atoms with E-state index in [-0.39, 0.29) is 22.5 Å². The number of aromatic nitrogens is 2. The highest BCUT2D eigenvalue weighted by Gasteiger charge is 2.22. The zero-order chi connectivity index (χ0) is 16.4. The van der Waals surface area contributed by atoms with Gasteiger partial charge >= 0.3 is 5.97 Å². The Morgan fingerprint density at radius 1 is 1.26 bits per heavy atom. The highest BCUT2D eigenvalue weighted by Crippen LogP contribution is 2.30. The van der Waals surface area contributed by atoms with Gasteiger partial charge in [0.25, 0.3) is 5.91 Å². The number of aromatic carboxylic acids is 1. The van der Waals surface area contributed by atoms with E-state index in [1.807, 2.05) is 0 Å². The van der Waals surface area contributed by atoms with E-state index in [1.165, 1.54) is 18.2 Å². The van der Waals surface area contributed by atoms with Crippen molar-refractivity contribution >= 4 is 29.2 Å². The Balaban J connectivity index is 1.78. The molecule has 0 atom stereocenters. The van der Waals surface area contributed by atoms with Crippen molar-refractivity contribution in [1.82, 2.24) is 9.78 Å². The third kappa shape index (κ3) is 3.22. The van der Waals surface area contributed by atoms with E-state index in [2.05, 4.69) is 10.4 Å². The molecule has 1 aliphatic rings. The van der Waals surface area contributed by atoms with Crippen LogP contribution in [0.3, 0.4) is 0 Å². The molecule has 2 aromatic rings. The number of carboxylic acids is 1. The summed E-state index contributed by atoms with van der Waals surface area (Å²) in [5.74, 6) is -1.39. The van der Waals surface area contributed by atoms with Gasteiger partial charge in [-0.2, -0.15) is 5.10 Å². The zero-order valence-electron chi connectivity index (χ0n) is 12.3. The standard InChI is InChI=1S/C16H16ClN3O3/c17-13-9-10(5-6-12(13)16(22)23)19-15(21)14-7-8-18-20(14)11-3-1-2-4-11/h5-9,11H,1-4H2,(H,19,21)(H,22,23). The van der Waals surface area contributed by atoms with Crippen LogP contribution in [0.1, 0.15) is 52.6 Å². The molecule has 1 fully saturated rings. The lowest BCUT2D eigenvalue weighted by Gasteiger charge is -2.14. The van der Waals surface area contributed by atoms with Crippen LogP contribution in [-0.2, 0) is 0 Å². The number of hydrogen-bond acceptors (Lipinski definition) is 3. The molecule has 1 saturated carbocycles.